The predicted octanol–water partition coefficient (Wildman–Crippen LogP) is 16.8. The molecule has 2 aliphatic rings. The first-order valence-electron chi connectivity index (χ1n) is 24.7. The number of rotatable bonds is 9. The topological polar surface area (TPSA) is 75.0 Å². The fraction of sp³-hybridized carbons (Fsp3) is 0.0448. The number of nitrogens with one attached hydrogen (secondary N) is 1. The fourth-order valence-electron chi connectivity index (χ4n) is 13.0. The van der Waals surface area contributed by atoms with Crippen molar-refractivity contribution >= 4 is 64.6 Å². The van der Waals surface area contributed by atoms with Crippen LogP contribution in [0.3, 0.4) is 0 Å². The molecule has 0 saturated heterocycles. The molecule has 0 unspecified atom stereocenters. The molecule has 0 aromatic heterocycles. The number of ether oxygens (including phenoxy) is 2. The number of nitrogens with two attached hydrogens (primary N) is 1. The summed E-state index contributed by atoms with van der Waals surface area (Å²) in [7, 11) is 5.39. The van der Waals surface area contributed by atoms with Crippen LogP contribution in [0.15, 0.2) is 194 Å². The molecule has 13 aromatic rings. The van der Waals surface area contributed by atoms with Gasteiger partial charge >= 0.3 is 0 Å². The lowest BCUT2D eigenvalue weighted by Gasteiger charge is -2.21. The maximum atomic E-state index is 6.71. The van der Waals surface area contributed by atoms with Crippen LogP contribution in [-0.2, 0) is 0 Å². The Morgan fingerprint density at radius 2 is 0.671 bits per heavy atom. The van der Waals surface area contributed by atoms with Crippen molar-refractivity contribution < 1.29 is 19.1 Å². The molecule has 0 bridgehead atoms. The van der Waals surface area contributed by atoms with E-state index < -0.39 is 0 Å². The number of benzene rings is 13. The zero-order valence-electron chi connectivity index (χ0n) is 40.2. The molecule has 15 rings (SSSR count). The molecule has 0 heterocycles. The van der Waals surface area contributed by atoms with Crippen LogP contribution in [0, 0.1) is 0 Å². The largest absolute Gasteiger partial charge is 0.496 e. The second kappa shape index (κ2) is 15.6. The predicted molar refractivity (Wildman–Crippen MR) is 301 cm³/mol. The lowest BCUT2D eigenvalue weighted by Crippen LogP contribution is -2.10. The van der Waals surface area contributed by atoms with Crippen molar-refractivity contribution in [1.29, 1.82) is 0 Å². The summed E-state index contributed by atoms with van der Waals surface area (Å²) in [6, 6.07) is 70.0. The van der Waals surface area contributed by atoms with Crippen LogP contribution < -0.4 is 30.5 Å². The van der Waals surface area contributed by atoms with Gasteiger partial charge in [0.05, 0.1) is 14.2 Å². The minimum Gasteiger partial charge on any atom is -0.496 e. The molecule has 2 aliphatic carbocycles. The molecular formula is C67H44N2O4. The van der Waals surface area contributed by atoms with Gasteiger partial charge in [0, 0.05) is 28.6 Å². The molecule has 346 valence electrons. The summed E-state index contributed by atoms with van der Waals surface area (Å²) < 4.78 is 13.4. The molecule has 0 aliphatic heterocycles. The monoisotopic (exact) mass is 940 g/mol. The standard InChI is InChI=1S/C67H44N2O4/c1-69-73-41-28-24-39(25-29-41)56-44-20-12-13-21-45(44)57(38-22-26-40(72-68)27-23-38)65-51-35-53(71-3)67-61-47(31-33-49(59(51)61)63(56)65)46-30-32-48-58-50(34-52(70-2)66(67)60(46)58)64-55(37-16-8-5-9-17-37)43-19-11-10-18-42(43)54(62(48)64)36-14-6-4-7-15-36/h4-35,69H,68H2,1-3H3. The molecule has 3 N–H and O–H groups in total. The summed E-state index contributed by atoms with van der Waals surface area (Å²) in [5, 5.41) is 13.9. The van der Waals surface area contributed by atoms with Gasteiger partial charge in [-0.1, -0.05) is 158 Å². The van der Waals surface area contributed by atoms with Gasteiger partial charge in [-0.25, -0.2) is 0 Å². The van der Waals surface area contributed by atoms with Gasteiger partial charge < -0.3 is 19.1 Å². The Labute approximate surface area is 420 Å². The zero-order chi connectivity index (χ0) is 48.6. The lowest BCUT2D eigenvalue weighted by atomic mass is 9.82. The van der Waals surface area contributed by atoms with Gasteiger partial charge in [-0.3, -0.25) is 0 Å². The van der Waals surface area contributed by atoms with Crippen molar-refractivity contribution in [2.24, 2.45) is 5.90 Å². The first-order chi connectivity index (χ1) is 36.1. The molecular weight excluding hydrogens is 897 g/mol. The van der Waals surface area contributed by atoms with Crippen molar-refractivity contribution in [1.82, 2.24) is 5.48 Å². The summed E-state index contributed by atoms with van der Waals surface area (Å²) in [5.74, 6) is 8.61. The van der Waals surface area contributed by atoms with Crippen LogP contribution >= 0.6 is 0 Å². The Balaban J connectivity index is 1.11. The van der Waals surface area contributed by atoms with Gasteiger partial charge in [-0.15, -0.1) is 0 Å². The second-order valence-electron chi connectivity index (χ2n) is 19.1. The van der Waals surface area contributed by atoms with Crippen LogP contribution in [0.25, 0.3) is 154 Å². The molecule has 0 atom stereocenters. The summed E-state index contributed by atoms with van der Waals surface area (Å²) in [5.41, 5.74) is 21.6. The third-order valence-corrected chi connectivity index (χ3v) is 15.7. The lowest BCUT2D eigenvalue weighted by molar-refractivity contribution is 0.224. The quantitative estimate of drug-likeness (QED) is 0.0853. The summed E-state index contributed by atoms with van der Waals surface area (Å²) in [4.78, 5) is 10.9. The van der Waals surface area contributed by atoms with Crippen molar-refractivity contribution in [3.63, 3.8) is 0 Å². The third-order valence-electron chi connectivity index (χ3n) is 15.7. The highest BCUT2D eigenvalue weighted by atomic mass is 16.6. The maximum Gasteiger partial charge on any atom is 0.147 e. The molecule has 13 aromatic carbocycles. The number of hydrogen-bond donors (Lipinski definition) is 2. The average molecular weight is 941 g/mol. The van der Waals surface area contributed by atoms with Gasteiger partial charge in [0.25, 0.3) is 0 Å². The molecule has 0 fully saturated rings. The van der Waals surface area contributed by atoms with Crippen molar-refractivity contribution in [3.05, 3.63) is 194 Å². The fourth-order valence-corrected chi connectivity index (χ4v) is 13.0. The van der Waals surface area contributed by atoms with E-state index in [1.807, 2.05) is 31.4 Å². The normalized spacial score (nSPS) is 12.2. The van der Waals surface area contributed by atoms with Gasteiger partial charge in [-0.2, -0.15) is 11.4 Å². The Bertz CT molecular complexity index is 4470. The van der Waals surface area contributed by atoms with Crippen LogP contribution in [0.5, 0.6) is 23.0 Å². The number of fused-ring (bicyclic) bond motifs is 10. The maximum absolute atomic E-state index is 6.71. The zero-order valence-corrected chi connectivity index (χ0v) is 40.2. The Hall–Kier alpha value is -9.20. The van der Waals surface area contributed by atoms with E-state index in [0.717, 1.165) is 77.6 Å². The van der Waals surface area contributed by atoms with Gasteiger partial charge in [-0.05, 0) is 169 Å². The SMILES string of the molecule is CNOc1ccc(-c2c3c(c(-c4ccc(ON)cc4)c4ccccc24)-c2cc(OC)c4c5c(OC)cc6c7c(ccc(c8ccc-3c2c84)c75)-c2c-6c(-c3ccccc3)c3ccccc3c2-c2ccccc2)cc1. The first kappa shape index (κ1) is 41.6. The second-order valence-corrected chi connectivity index (χ2v) is 19.1. The number of hydroxylamine groups is 1. The van der Waals surface area contributed by atoms with E-state index >= 15 is 0 Å². The van der Waals surface area contributed by atoms with Gasteiger partial charge in [0.2, 0.25) is 0 Å². The van der Waals surface area contributed by atoms with Gasteiger partial charge in [0.15, 0.2) is 0 Å². The van der Waals surface area contributed by atoms with E-state index in [1.54, 1.807) is 14.2 Å². The van der Waals surface area contributed by atoms with E-state index in [0.29, 0.717) is 5.75 Å². The molecule has 0 saturated carbocycles. The van der Waals surface area contributed by atoms with Crippen LogP contribution in [-0.4, -0.2) is 21.3 Å². The molecule has 0 amide bonds. The van der Waals surface area contributed by atoms with Crippen molar-refractivity contribution in [3.8, 4) is 112 Å². The summed E-state index contributed by atoms with van der Waals surface area (Å²) in [6.45, 7) is 0. The Morgan fingerprint density at radius 1 is 0.315 bits per heavy atom. The van der Waals surface area contributed by atoms with E-state index in [1.165, 1.54) is 93.3 Å². The Morgan fingerprint density at radius 3 is 1.04 bits per heavy atom. The highest BCUT2D eigenvalue weighted by Crippen LogP contribution is 2.65. The smallest absolute Gasteiger partial charge is 0.147 e. The molecule has 0 spiro atoms. The summed E-state index contributed by atoms with van der Waals surface area (Å²) >= 11 is 0. The van der Waals surface area contributed by atoms with E-state index in [2.05, 4.69) is 175 Å². The van der Waals surface area contributed by atoms with E-state index in [4.69, 9.17) is 25.0 Å². The minimum absolute atomic E-state index is 0.592. The number of hydrogen-bond acceptors (Lipinski definition) is 6. The first-order valence-corrected chi connectivity index (χ1v) is 24.7. The highest BCUT2D eigenvalue weighted by Gasteiger charge is 2.37. The van der Waals surface area contributed by atoms with Gasteiger partial charge in [0.1, 0.15) is 23.0 Å². The van der Waals surface area contributed by atoms with E-state index in [9.17, 15) is 0 Å². The third kappa shape index (κ3) is 5.59. The molecule has 6 nitrogen and oxygen atoms in total. The summed E-state index contributed by atoms with van der Waals surface area (Å²) in [6.07, 6.45) is 0. The van der Waals surface area contributed by atoms with Crippen molar-refractivity contribution in [2.75, 3.05) is 21.3 Å². The van der Waals surface area contributed by atoms with Crippen LogP contribution in [0.2, 0.25) is 0 Å². The molecule has 6 heteroatoms. The molecule has 0 radical (unpaired) electrons. The Kier molecular flexibility index (Phi) is 8.91. The van der Waals surface area contributed by atoms with Crippen LogP contribution in [0.1, 0.15) is 0 Å². The van der Waals surface area contributed by atoms with Crippen LogP contribution in [0.4, 0.5) is 0 Å². The number of methoxy groups -OCH3 is 2. The van der Waals surface area contributed by atoms with E-state index in [-0.39, 0.29) is 0 Å². The average Bonchev–Trinajstić information content (AvgIpc) is 3.96. The minimum atomic E-state index is 0.592. The highest BCUT2D eigenvalue weighted by molar-refractivity contribution is 6.44. The van der Waals surface area contributed by atoms with Crippen molar-refractivity contribution in [2.45, 2.75) is 0 Å². The molecule has 73 heavy (non-hydrogen) atoms.